The van der Waals surface area contributed by atoms with E-state index in [-0.39, 0.29) is 23.2 Å². The summed E-state index contributed by atoms with van der Waals surface area (Å²) in [4.78, 5) is 0.0437. The van der Waals surface area contributed by atoms with Crippen LogP contribution >= 0.6 is 0 Å². The summed E-state index contributed by atoms with van der Waals surface area (Å²) in [6.07, 6.45) is 0. The Balaban J connectivity index is 3.03. The van der Waals surface area contributed by atoms with Gasteiger partial charge in [-0.15, -0.1) is 0 Å². The number of aliphatic hydroxyl groups excluding tert-OH is 1. The summed E-state index contributed by atoms with van der Waals surface area (Å²) in [5, 5.41) is 11.9. The van der Waals surface area contributed by atoms with E-state index in [9.17, 15) is 8.42 Å². The maximum absolute atomic E-state index is 11.6. The first-order valence-corrected chi connectivity index (χ1v) is 6.59. The number of nitrogen functional groups attached to an aromatic ring is 1. The van der Waals surface area contributed by atoms with E-state index in [1.807, 2.05) is 0 Å². The van der Waals surface area contributed by atoms with E-state index in [2.05, 4.69) is 10.0 Å². The zero-order valence-electron chi connectivity index (χ0n) is 9.77. The summed E-state index contributed by atoms with van der Waals surface area (Å²) < 4.78 is 25.3. The Kier molecular flexibility index (Phi) is 4.33. The SMILES string of the molecule is CNS(=O)(=O)c1ccc(NC(C)CO)cc1N. The van der Waals surface area contributed by atoms with Crippen LogP contribution < -0.4 is 15.8 Å². The van der Waals surface area contributed by atoms with Crippen molar-refractivity contribution in [1.29, 1.82) is 0 Å². The fraction of sp³-hybridized carbons (Fsp3) is 0.400. The number of benzene rings is 1. The quantitative estimate of drug-likeness (QED) is 0.556. The lowest BCUT2D eigenvalue weighted by molar-refractivity contribution is 0.281. The van der Waals surface area contributed by atoms with Crippen molar-refractivity contribution in [2.24, 2.45) is 0 Å². The summed E-state index contributed by atoms with van der Waals surface area (Å²) in [7, 11) is -2.20. The van der Waals surface area contributed by atoms with Crippen molar-refractivity contribution in [1.82, 2.24) is 4.72 Å². The smallest absolute Gasteiger partial charge is 0.242 e. The molecule has 0 aliphatic heterocycles. The van der Waals surface area contributed by atoms with Crippen molar-refractivity contribution in [3.05, 3.63) is 18.2 Å². The van der Waals surface area contributed by atoms with Gasteiger partial charge in [-0.25, -0.2) is 13.1 Å². The predicted octanol–water partition coefficient (Wildman–Crippen LogP) is -0.0304. The van der Waals surface area contributed by atoms with E-state index in [4.69, 9.17) is 10.8 Å². The van der Waals surface area contributed by atoms with E-state index in [1.54, 1.807) is 13.0 Å². The van der Waals surface area contributed by atoms with Crippen LogP contribution in [0.25, 0.3) is 0 Å². The van der Waals surface area contributed by atoms with Crippen LogP contribution in [0.1, 0.15) is 6.92 Å². The highest BCUT2D eigenvalue weighted by Gasteiger charge is 2.15. The third-order valence-electron chi connectivity index (χ3n) is 2.25. The van der Waals surface area contributed by atoms with Gasteiger partial charge in [-0.05, 0) is 32.2 Å². The molecule has 7 heteroatoms. The molecule has 1 unspecified atom stereocenters. The highest BCUT2D eigenvalue weighted by molar-refractivity contribution is 7.89. The van der Waals surface area contributed by atoms with E-state index < -0.39 is 10.0 Å². The lowest BCUT2D eigenvalue weighted by atomic mass is 10.2. The number of sulfonamides is 1. The summed E-state index contributed by atoms with van der Waals surface area (Å²) in [6.45, 7) is 1.78. The molecule has 96 valence electrons. The van der Waals surface area contributed by atoms with Gasteiger partial charge in [0.15, 0.2) is 0 Å². The molecule has 6 nitrogen and oxygen atoms in total. The number of rotatable bonds is 5. The van der Waals surface area contributed by atoms with Gasteiger partial charge in [0, 0.05) is 11.7 Å². The molecule has 1 aromatic carbocycles. The third kappa shape index (κ3) is 3.32. The van der Waals surface area contributed by atoms with Gasteiger partial charge in [-0.1, -0.05) is 0 Å². The Morgan fingerprint density at radius 1 is 1.47 bits per heavy atom. The molecule has 0 heterocycles. The molecule has 5 N–H and O–H groups in total. The number of hydrogen-bond acceptors (Lipinski definition) is 5. The number of aliphatic hydroxyl groups is 1. The second kappa shape index (κ2) is 5.35. The van der Waals surface area contributed by atoms with Gasteiger partial charge in [0.1, 0.15) is 4.90 Å². The lowest BCUT2D eigenvalue weighted by Gasteiger charge is -2.14. The minimum Gasteiger partial charge on any atom is -0.398 e. The van der Waals surface area contributed by atoms with Crippen LogP contribution in [0.4, 0.5) is 11.4 Å². The summed E-state index contributed by atoms with van der Waals surface area (Å²) in [5.41, 5.74) is 6.51. The Labute approximate surface area is 101 Å². The average molecular weight is 259 g/mol. The van der Waals surface area contributed by atoms with Gasteiger partial charge in [0.2, 0.25) is 10.0 Å². The molecule has 0 aliphatic carbocycles. The van der Waals surface area contributed by atoms with Crippen LogP contribution in [0, 0.1) is 0 Å². The molecule has 0 amide bonds. The number of nitrogens with two attached hydrogens (primary N) is 1. The van der Waals surface area contributed by atoms with Crippen molar-refractivity contribution in [3.8, 4) is 0 Å². The Morgan fingerprint density at radius 3 is 2.59 bits per heavy atom. The molecule has 0 bridgehead atoms. The topological polar surface area (TPSA) is 104 Å². The molecule has 0 aliphatic rings. The van der Waals surface area contributed by atoms with Gasteiger partial charge >= 0.3 is 0 Å². The molecule has 0 radical (unpaired) electrons. The zero-order valence-corrected chi connectivity index (χ0v) is 10.6. The van der Waals surface area contributed by atoms with Crippen molar-refractivity contribution in [2.75, 3.05) is 24.7 Å². The van der Waals surface area contributed by atoms with Gasteiger partial charge < -0.3 is 16.2 Å². The van der Waals surface area contributed by atoms with Crippen LogP contribution in [0.15, 0.2) is 23.1 Å². The zero-order chi connectivity index (χ0) is 13.1. The summed E-state index contributed by atoms with van der Waals surface area (Å²) in [6, 6.07) is 4.43. The molecular formula is C10H17N3O3S. The maximum atomic E-state index is 11.6. The number of anilines is 2. The molecule has 0 spiro atoms. The van der Waals surface area contributed by atoms with Crippen LogP contribution in [-0.4, -0.2) is 33.2 Å². The molecule has 1 rings (SSSR count). The number of hydrogen-bond donors (Lipinski definition) is 4. The molecule has 17 heavy (non-hydrogen) atoms. The van der Waals surface area contributed by atoms with E-state index in [1.165, 1.54) is 19.2 Å². The fourth-order valence-electron chi connectivity index (χ4n) is 1.32. The van der Waals surface area contributed by atoms with Crippen LogP contribution in [0.2, 0.25) is 0 Å². The average Bonchev–Trinajstić information content (AvgIpc) is 2.28. The molecule has 1 aromatic rings. The van der Waals surface area contributed by atoms with E-state index in [0.29, 0.717) is 5.69 Å². The van der Waals surface area contributed by atoms with Gasteiger partial charge in [0.05, 0.1) is 12.3 Å². The lowest BCUT2D eigenvalue weighted by Crippen LogP contribution is -2.21. The molecule has 0 saturated carbocycles. The Hall–Kier alpha value is -1.31. The van der Waals surface area contributed by atoms with Crippen LogP contribution in [0.3, 0.4) is 0 Å². The monoisotopic (exact) mass is 259 g/mol. The standard InChI is InChI=1S/C10H17N3O3S/c1-7(6-14)13-8-3-4-10(9(11)5-8)17(15,16)12-2/h3-5,7,12-14H,6,11H2,1-2H3. The summed E-state index contributed by atoms with van der Waals surface area (Å²) in [5.74, 6) is 0. The molecule has 0 fully saturated rings. The summed E-state index contributed by atoms with van der Waals surface area (Å²) >= 11 is 0. The maximum Gasteiger partial charge on any atom is 0.242 e. The van der Waals surface area contributed by atoms with Crippen LogP contribution in [-0.2, 0) is 10.0 Å². The van der Waals surface area contributed by atoms with Crippen molar-refractivity contribution in [2.45, 2.75) is 17.9 Å². The van der Waals surface area contributed by atoms with Gasteiger partial charge in [-0.2, -0.15) is 0 Å². The molecule has 0 saturated heterocycles. The van der Waals surface area contributed by atoms with Crippen molar-refractivity contribution >= 4 is 21.4 Å². The Morgan fingerprint density at radius 2 is 2.12 bits per heavy atom. The third-order valence-corrected chi connectivity index (χ3v) is 3.74. The van der Waals surface area contributed by atoms with Gasteiger partial charge in [0.25, 0.3) is 0 Å². The van der Waals surface area contributed by atoms with Gasteiger partial charge in [-0.3, -0.25) is 0 Å². The minimum absolute atomic E-state index is 0.0174. The fourth-order valence-corrected chi connectivity index (χ4v) is 2.16. The normalized spacial score (nSPS) is 13.4. The van der Waals surface area contributed by atoms with Crippen molar-refractivity contribution < 1.29 is 13.5 Å². The van der Waals surface area contributed by atoms with E-state index >= 15 is 0 Å². The molecule has 1 atom stereocenters. The predicted molar refractivity (Wildman–Crippen MR) is 67.3 cm³/mol. The molecule has 0 aromatic heterocycles. The second-order valence-corrected chi connectivity index (χ2v) is 5.54. The number of nitrogens with one attached hydrogen (secondary N) is 2. The van der Waals surface area contributed by atoms with Crippen LogP contribution in [0.5, 0.6) is 0 Å². The largest absolute Gasteiger partial charge is 0.398 e. The first-order valence-electron chi connectivity index (χ1n) is 5.11. The first-order chi connectivity index (χ1) is 7.90. The van der Waals surface area contributed by atoms with E-state index in [0.717, 1.165) is 0 Å². The molecular weight excluding hydrogens is 242 g/mol. The highest BCUT2D eigenvalue weighted by Crippen LogP contribution is 2.22. The first kappa shape index (κ1) is 13.8. The minimum atomic E-state index is -3.53. The second-order valence-electron chi connectivity index (χ2n) is 3.69. The highest BCUT2D eigenvalue weighted by atomic mass is 32.2. The Bertz CT molecular complexity index is 488. The van der Waals surface area contributed by atoms with Crippen molar-refractivity contribution in [3.63, 3.8) is 0 Å².